The number of hydrogen-bond acceptors (Lipinski definition) is 2. The molecule has 2 heterocycles. The molecule has 0 bridgehead atoms. The molecule has 0 spiro atoms. The van der Waals surface area contributed by atoms with E-state index < -0.39 is 0 Å². The molecular weight excluding hydrogens is 198 g/mol. The third kappa shape index (κ3) is 1.43. The summed E-state index contributed by atoms with van der Waals surface area (Å²) in [7, 11) is 0. The molecule has 1 atom stereocenters. The maximum atomic E-state index is 4.79. The summed E-state index contributed by atoms with van der Waals surface area (Å²) < 4.78 is 2.35. The number of para-hydroxylation sites is 2. The van der Waals surface area contributed by atoms with E-state index in [1.54, 1.807) is 0 Å². The molecule has 0 amide bonds. The first-order valence-electron chi connectivity index (χ1n) is 6.06. The summed E-state index contributed by atoms with van der Waals surface area (Å²) in [5.41, 5.74) is 2.40. The number of hydrogen-bond donors (Lipinski definition) is 1. The van der Waals surface area contributed by atoms with E-state index in [9.17, 15) is 0 Å². The van der Waals surface area contributed by atoms with Crippen LogP contribution in [0.15, 0.2) is 24.3 Å². The summed E-state index contributed by atoms with van der Waals surface area (Å²) in [6.07, 6.45) is 1.21. The Balaban J connectivity index is 2.15. The standard InChI is InChI=1S/C13H17N3/c1-2-16-12-6-4-3-5-11(12)15-13(16)10-7-8-14-9-10/h3-6,10,14H,2,7-9H2,1H3. The van der Waals surface area contributed by atoms with Crippen LogP contribution in [0.1, 0.15) is 25.1 Å². The fourth-order valence-corrected chi connectivity index (χ4v) is 2.61. The van der Waals surface area contributed by atoms with Gasteiger partial charge in [-0.15, -0.1) is 0 Å². The predicted octanol–water partition coefficient (Wildman–Crippen LogP) is 2.13. The molecule has 1 aliphatic rings. The smallest absolute Gasteiger partial charge is 0.114 e. The third-order valence-corrected chi connectivity index (χ3v) is 3.43. The molecule has 1 aromatic heterocycles. The van der Waals surface area contributed by atoms with Crippen LogP contribution in [-0.4, -0.2) is 22.6 Å². The quantitative estimate of drug-likeness (QED) is 0.831. The highest BCUT2D eigenvalue weighted by Crippen LogP contribution is 2.25. The summed E-state index contributed by atoms with van der Waals surface area (Å²) in [4.78, 5) is 4.79. The van der Waals surface area contributed by atoms with E-state index in [1.807, 2.05) is 0 Å². The zero-order chi connectivity index (χ0) is 11.0. The molecule has 16 heavy (non-hydrogen) atoms. The number of aromatic nitrogens is 2. The molecule has 3 nitrogen and oxygen atoms in total. The highest BCUT2D eigenvalue weighted by Gasteiger charge is 2.22. The van der Waals surface area contributed by atoms with Crippen molar-refractivity contribution in [2.24, 2.45) is 0 Å². The molecule has 0 aliphatic carbocycles. The lowest BCUT2D eigenvalue weighted by Crippen LogP contribution is -2.12. The Kier molecular flexibility index (Phi) is 2.40. The number of rotatable bonds is 2. The molecule has 1 fully saturated rings. The first kappa shape index (κ1) is 9.85. The van der Waals surface area contributed by atoms with Gasteiger partial charge in [-0.25, -0.2) is 4.98 Å². The van der Waals surface area contributed by atoms with E-state index in [4.69, 9.17) is 4.98 Å². The van der Waals surface area contributed by atoms with Gasteiger partial charge < -0.3 is 9.88 Å². The van der Waals surface area contributed by atoms with Crippen LogP contribution in [0.4, 0.5) is 0 Å². The van der Waals surface area contributed by atoms with Crippen LogP contribution in [0.2, 0.25) is 0 Å². The molecule has 1 aromatic carbocycles. The lowest BCUT2D eigenvalue weighted by molar-refractivity contribution is 0.631. The average molecular weight is 215 g/mol. The van der Waals surface area contributed by atoms with Gasteiger partial charge in [0.1, 0.15) is 5.82 Å². The van der Waals surface area contributed by atoms with Crippen molar-refractivity contribution >= 4 is 11.0 Å². The fraction of sp³-hybridized carbons (Fsp3) is 0.462. The zero-order valence-electron chi connectivity index (χ0n) is 9.61. The van der Waals surface area contributed by atoms with Gasteiger partial charge in [-0.05, 0) is 32.0 Å². The summed E-state index contributed by atoms with van der Waals surface area (Å²) in [6, 6.07) is 8.42. The van der Waals surface area contributed by atoms with Crippen LogP contribution in [0, 0.1) is 0 Å². The van der Waals surface area contributed by atoms with E-state index in [0.717, 1.165) is 25.2 Å². The number of nitrogens with one attached hydrogen (secondary N) is 1. The number of fused-ring (bicyclic) bond motifs is 1. The normalized spacial score (nSPS) is 20.7. The SMILES string of the molecule is CCn1c(C2CCNC2)nc2ccccc21. The molecule has 0 saturated carbocycles. The number of nitrogens with zero attached hydrogens (tertiary/aromatic N) is 2. The Morgan fingerprint density at radius 2 is 2.31 bits per heavy atom. The molecule has 3 rings (SSSR count). The van der Waals surface area contributed by atoms with E-state index >= 15 is 0 Å². The minimum absolute atomic E-state index is 0.590. The molecule has 84 valence electrons. The number of imidazole rings is 1. The number of aryl methyl sites for hydroxylation is 1. The lowest BCUT2D eigenvalue weighted by Gasteiger charge is -2.10. The highest BCUT2D eigenvalue weighted by atomic mass is 15.1. The van der Waals surface area contributed by atoms with Crippen molar-refractivity contribution in [3.8, 4) is 0 Å². The van der Waals surface area contributed by atoms with Crippen LogP contribution >= 0.6 is 0 Å². The second-order valence-electron chi connectivity index (χ2n) is 4.39. The third-order valence-electron chi connectivity index (χ3n) is 3.43. The van der Waals surface area contributed by atoms with E-state index in [-0.39, 0.29) is 0 Å². The van der Waals surface area contributed by atoms with Gasteiger partial charge >= 0.3 is 0 Å². The van der Waals surface area contributed by atoms with Crippen LogP contribution in [0.5, 0.6) is 0 Å². The van der Waals surface area contributed by atoms with Crippen molar-refractivity contribution in [1.82, 2.24) is 14.9 Å². The zero-order valence-corrected chi connectivity index (χ0v) is 9.61. The second-order valence-corrected chi connectivity index (χ2v) is 4.39. The topological polar surface area (TPSA) is 29.9 Å². The maximum absolute atomic E-state index is 4.79. The van der Waals surface area contributed by atoms with E-state index in [1.165, 1.54) is 17.8 Å². The Hall–Kier alpha value is -1.35. The second kappa shape index (κ2) is 3.91. The van der Waals surface area contributed by atoms with Crippen molar-refractivity contribution in [2.45, 2.75) is 25.8 Å². The molecule has 1 saturated heterocycles. The molecule has 1 aliphatic heterocycles. The first-order chi connectivity index (χ1) is 7.90. The molecule has 3 heteroatoms. The van der Waals surface area contributed by atoms with Crippen LogP contribution in [0.3, 0.4) is 0 Å². The van der Waals surface area contributed by atoms with Crippen molar-refractivity contribution in [1.29, 1.82) is 0 Å². The lowest BCUT2D eigenvalue weighted by atomic mass is 10.1. The van der Waals surface area contributed by atoms with E-state index in [2.05, 4.69) is 41.1 Å². The van der Waals surface area contributed by atoms with Crippen molar-refractivity contribution < 1.29 is 0 Å². The van der Waals surface area contributed by atoms with Crippen LogP contribution in [-0.2, 0) is 6.54 Å². The van der Waals surface area contributed by atoms with Crippen LogP contribution in [0.25, 0.3) is 11.0 Å². The van der Waals surface area contributed by atoms with Gasteiger partial charge in [0, 0.05) is 19.0 Å². The average Bonchev–Trinajstić information content (AvgIpc) is 2.95. The number of benzene rings is 1. The van der Waals surface area contributed by atoms with Gasteiger partial charge in [-0.1, -0.05) is 12.1 Å². The van der Waals surface area contributed by atoms with Gasteiger partial charge in [0.15, 0.2) is 0 Å². The van der Waals surface area contributed by atoms with E-state index in [0.29, 0.717) is 5.92 Å². The summed E-state index contributed by atoms with van der Waals surface area (Å²) in [5, 5.41) is 3.41. The molecule has 0 radical (unpaired) electrons. The Morgan fingerprint density at radius 3 is 3.06 bits per heavy atom. The molecule has 1 unspecified atom stereocenters. The minimum Gasteiger partial charge on any atom is -0.328 e. The minimum atomic E-state index is 0.590. The predicted molar refractivity (Wildman–Crippen MR) is 65.6 cm³/mol. The van der Waals surface area contributed by atoms with Gasteiger partial charge in [0.05, 0.1) is 11.0 Å². The van der Waals surface area contributed by atoms with Gasteiger partial charge in [0.25, 0.3) is 0 Å². The summed E-state index contributed by atoms with van der Waals surface area (Å²) in [6.45, 7) is 5.40. The van der Waals surface area contributed by atoms with Crippen molar-refractivity contribution in [3.05, 3.63) is 30.1 Å². The molecular formula is C13H17N3. The van der Waals surface area contributed by atoms with Gasteiger partial charge in [0.2, 0.25) is 0 Å². The van der Waals surface area contributed by atoms with Crippen LogP contribution < -0.4 is 5.32 Å². The summed E-state index contributed by atoms with van der Waals surface area (Å²) in [5.74, 6) is 1.85. The Bertz CT molecular complexity index is 495. The fourth-order valence-electron chi connectivity index (χ4n) is 2.61. The molecule has 2 aromatic rings. The Morgan fingerprint density at radius 1 is 1.44 bits per heavy atom. The largest absolute Gasteiger partial charge is 0.328 e. The summed E-state index contributed by atoms with van der Waals surface area (Å²) >= 11 is 0. The monoisotopic (exact) mass is 215 g/mol. The van der Waals surface area contributed by atoms with Crippen molar-refractivity contribution in [2.75, 3.05) is 13.1 Å². The highest BCUT2D eigenvalue weighted by molar-refractivity contribution is 5.76. The van der Waals surface area contributed by atoms with Gasteiger partial charge in [-0.2, -0.15) is 0 Å². The van der Waals surface area contributed by atoms with Crippen molar-refractivity contribution in [3.63, 3.8) is 0 Å². The maximum Gasteiger partial charge on any atom is 0.114 e. The first-order valence-corrected chi connectivity index (χ1v) is 6.06. The van der Waals surface area contributed by atoms with Gasteiger partial charge in [-0.3, -0.25) is 0 Å². The Labute approximate surface area is 95.5 Å². The molecule has 1 N–H and O–H groups in total.